The number of hydrogen-bond acceptors (Lipinski definition) is 5. The number of amides is 1. The molecule has 0 aliphatic carbocycles. The topological polar surface area (TPSA) is 87.7 Å². The molecule has 33 heavy (non-hydrogen) atoms. The molecular formula is C25H35N3O4S. The van der Waals surface area contributed by atoms with E-state index in [1.165, 1.54) is 0 Å². The lowest BCUT2D eigenvalue weighted by Gasteiger charge is -2.35. The van der Waals surface area contributed by atoms with E-state index in [4.69, 9.17) is 4.74 Å². The Morgan fingerprint density at radius 2 is 1.64 bits per heavy atom. The minimum absolute atomic E-state index is 0.120. The average molecular weight is 474 g/mol. The highest BCUT2D eigenvalue weighted by molar-refractivity contribution is 7.88. The lowest BCUT2D eigenvalue weighted by atomic mass is 10.1. The van der Waals surface area contributed by atoms with Gasteiger partial charge >= 0.3 is 0 Å². The van der Waals surface area contributed by atoms with Crippen LogP contribution < -0.4 is 10.0 Å². The molecule has 2 N–H and O–H groups in total. The van der Waals surface area contributed by atoms with E-state index in [2.05, 4.69) is 28.8 Å². The van der Waals surface area contributed by atoms with Crippen LogP contribution in [0, 0.1) is 0 Å². The first-order valence-electron chi connectivity index (χ1n) is 11.4. The van der Waals surface area contributed by atoms with Gasteiger partial charge in [0.15, 0.2) is 0 Å². The maximum absolute atomic E-state index is 12.7. The number of hydrogen-bond donors (Lipinski definition) is 2. The van der Waals surface area contributed by atoms with E-state index in [-0.39, 0.29) is 36.5 Å². The molecule has 1 heterocycles. The fourth-order valence-corrected chi connectivity index (χ4v) is 5.68. The summed E-state index contributed by atoms with van der Waals surface area (Å²) in [4.78, 5) is 15.0. The third-order valence-electron chi connectivity index (χ3n) is 5.44. The van der Waals surface area contributed by atoms with Crippen LogP contribution in [0.5, 0.6) is 0 Å². The predicted octanol–water partition coefficient (Wildman–Crippen LogP) is 3.05. The van der Waals surface area contributed by atoms with Crippen LogP contribution in [-0.2, 0) is 33.6 Å². The Morgan fingerprint density at radius 1 is 1.03 bits per heavy atom. The molecular weight excluding hydrogens is 438 g/mol. The molecule has 0 saturated carbocycles. The van der Waals surface area contributed by atoms with Gasteiger partial charge in [-0.15, -0.1) is 0 Å². The number of benzene rings is 2. The maximum Gasteiger partial charge on any atom is 0.251 e. The van der Waals surface area contributed by atoms with E-state index in [0.717, 1.165) is 30.8 Å². The highest BCUT2D eigenvalue weighted by atomic mass is 32.2. The summed E-state index contributed by atoms with van der Waals surface area (Å²) in [7, 11) is -3.45. The number of rotatable bonds is 9. The first kappa shape index (κ1) is 25.4. The summed E-state index contributed by atoms with van der Waals surface area (Å²) in [5.41, 5.74) is 3.19. The Morgan fingerprint density at radius 3 is 2.24 bits per heavy atom. The number of nitrogens with zero attached hydrogens (tertiary/aromatic N) is 1. The molecule has 2 atom stereocenters. The van der Waals surface area contributed by atoms with Crippen LogP contribution in [0.4, 0.5) is 0 Å². The van der Waals surface area contributed by atoms with E-state index in [1.54, 1.807) is 26.0 Å². The van der Waals surface area contributed by atoms with E-state index >= 15 is 0 Å². The molecule has 7 nitrogen and oxygen atoms in total. The fourth-order valence-electron chi connectivity index (χ4n) is 4.19. The van der Waals surface area contributed by atoms with Gasteiger partial charge in [0.2, 0.25) is 10.0 Å². The minimum Gasteiger partial charge on any atom is -0.373 e. The second-order valence-corrected chi connectivity index (χ2v) is 10.9. The molecule has 3 rings (SSSR count). The summed E-state index contributed by atoms with van der Waals surface area (Å²) in [6, 6.07) is 14.7. The van der Waals surface area contributed by atoms with Crippen molar-refractivity contribution in [1.29, 1.82) is 0 Å². The first-order chi connectivity index (χ1) is 15.6. The van der Waals surface area contributed by atoms with Crippen molar-refractivity contribution in [3.05, 3.63) is 70.8 Å². The Labute approximate surface area is 197 Å². The zero-order valence-electron chi connectivity index (χ0n) is 19.9. The van der Waals surface area contributed by atoms with Crippen LogP contribution >= 0.6 is 0 Å². The fraction of sp³-hybridized carbons (Fsp3) is 0.480. The summed E-state index contributed by atoms with van der Waals surface area (Å²) in [5.74, 6) is -0.307. The molecule has 1 aliphatic heterocycles. The van der Waals surface area contributed by atoms with Crippen molar-refractivity contribution < 1.29 is 17.9 Å². The highest BCUT2D eigenvalue weighted by Crippen LogP contribution is 2.16. The second-order valence-electron chi connectivity index (χ2n) is 9.13. The quantitative estimate of drug-likeness (QED) is 0.585. The minimum atomic E-state index is -3.45. The van der Waals surface area contributed by atoms with Gasteiger partial charge in [-0.05, 0) is 56.5 Å². The molecule has 1 saturated heterocycles. The number of carbonyl (C=O) groups is 1. The third-order valence-corrected chi connectivity index (χ3v) is 6.96. The zero-order valence-corrected chi connectivity index (χ0v) is 20.7. The Kier molecular flexibility index (Phi) is 8.64. The Bertz CT molecular complexity index is 1030. The summed E-state index contributed by atoms with van der Waals surface area (Å²) < 4.78 is 33.0. The van der Waals surface area contributed by atoms with Crippen molar-refractivity contribution in [1.82, 2.24) is 14.9 Å². The number of ether oxygens (including phenoxy) is 1. The maximum atomic E-state index is 12.7. The molecule has 2 aromatic rings. The zero-order chi connectivity index (χ0) is 24.0. The molecule has 0 bridgehead atoms. The molecule has 2 aromatic carbocycles. The standard InChI is InChI=1S/C25H35N3O4S/c1-18(2)27-33(30,31)17-24-8-6-5-7-23(24)13-26-25(29)22-11-9-21(10-12-22)16-28-14-19(3)32-20(4)15-28/h5-12,18-20,27H,13-17H2,1-4H3,(H,26,29). The Hall–Kier alpha value is -2.26. The van der Waals surface area contributed by atoms with Gasteiger partial charge in [-0.2, -0.15) is 0 Å². The average Bonchev–Trinajstić information content (AvgIpc) is 2.71. The largest absolute Gasteiger partial charge is 0.373 e. The summed E-state index contributed by atoms with van der Waals surface area (Å²) in [6.07, 6.45) is 0.440. The smallest absolute Gasteiger partial charge is 0.251 e. The molecule has 1 amide bonds. The van der Waals surface area contributed by atoms with Crippen LogP contribution in [0.15, 0.2) is 48.5 Å². The first-order valence-corrected chi connectivity index (χ1v) is 13.1. The highest BCUT2D eigenvalue weighted by Gasteiger charge is 2.22. The number of nitrogens with one attached hydrogen (secondary N) is 2. The van der Waals surface area contributed by atoms with Crippen molar-refractivity contribution >= 4 is 15.9 Å². The molecule has 180 valence electrons. The SMILES string of the molecule is CC(C)NS(=O)(=O)Cc1ccccc1CNC(=O)c1ccc(CN2CC(C)OC(C)C2)cc1. The van der Waals surface area contributed by atoms with E-state index in [1.807, 2.05) is 36.4 Å². The van der Waals surface area contributed by atoms with E-state index < -0.39 is 10.0 Å². The number of morpholine rings is 1. The lowest BCUT2D eigenvalue weighted by molar-refractivity contribution is -0.0704. The molecule has 1 aliphatic rings. The van der Waals surface area contributed by atoms with Crippen LogP contribution in [0.3, 0.4) is 0 Å². The van der Waals surface area contributed by atoms with Crippen molar-refractivity contribution in [2.24, 2.45) is 0 Å². The normalized spacial score (nSPS) is 19.5. The summed E-state index contributed by atoms with van der Waals surface area (Å²) >= 11 is 0. The lowest BCUT2D eigenvalue weighted by Crippen LogP contribution is -2.44. The Balaban J connectivity index is 1.58. The van der Waals surface area contributed by atoms with Gasteiger partial charge in [0.25, 0.3) is 5.91 Å². The van der Waals surface area contributed by atoms with Gasteiger partial charge < -0.3 is 10.1 Å². The van der Waals surface area contributed by atoms with E-state index in [9.17, 15) is 13.2 Å². The molecule has 1 fully saturated rings. The van der Waals surface area contributed by atoms with Gasteiger partial charge in [-0.3, -0.25) is 9.69 Å². The molecule has 0 aromatic heterocycles. The van der Waals surface area contributed by atoms with Gasteiger partial charge in [0.1, 0.15) is 0 Å². The molecule has 8 heteroatoms. The van der Waals surface area contributed by atoms with Crippen molar-refractivity contribution in [2.75, 3.05) is 13.1 Å². The predicted molar refractivity (Wildman–Crippen MR) is 130 cm³/mol. The summed E-state index contributed by atoms with van der Waals surface area (Å²) in [5, 5.41) is 2.91. The van der Waals surface area contributed by atoms with E-state index in [0.29, 0.717) is 11.1 Å². The number of carbonyl (C=O) groups excluding carboxylic acids is 1. The van der Waals surface area contributed by atoms with Gasteiger partial charge in [0.05, 0.1) is 18.0 Å². The van der Waals surface area contributed by atoms with Crippen molar-refractivity contribution in [3.63, 3.8) is 0 Å². The van der Waals surface area contributed by atoms with Gasteiger partial charge in [0, 0.05) is 37.8 Å². The second kappa shape index (κ2) is 11.2. The number of sulfonamides is 1. The molecule has 2 unspecified atom stereocenters. The monoisotopic (exact) mass is 473 g/mol. The van der Waals surface area contributed by atoms with Crippen LogP contribution in [0.25, 0.3) is 0 Å². The molecule has 0 spiro atoms. The van der Waals surface area contributed by atoms with Crippen LogP contribution in [-0.4, -0.2) is 50.6 Å². The van der Waals surface area contributed by atoms with Gasteiger partial charge in [-0.25, -0.2) is 13.1 Å². The molecule has 0 radical (unpaired) electrons. The van der Waals surface area contributed by atoms with Gasteiger partial charge in [-0.1, -0.05) is 36.4 Å². The van der Waals surface area contributed by atoms with Crippen LogP contribution in [0.2, 0.25) is 0 Å². The van der Waals surface area contributed by atoms with Crippen molar-refractivity contribution in [3.8, 4) is 0 Å². The summed E-state index contributed by atoms with van der Waals surface area (Å²) in [6.45, 7) is 10.6. The van der Waals surface area contributed by atoms with Crippen molar-refractivity contribution in [2.45, 2.75) is 64.8 Å². The van der Waals surface area contributed by atoms with Crippen LogP contribution in [0.1, 0.15) is 54.7 Å². The third kappa shape index (κ3) is 7.92.